The highest BCUT2D eigenvalue weighted by atomic mass is 32.2. The van der Waals surface area contributed by atoms with E-state index < -0.39 is 6.43 Å². The minimum Gasteiger partial charge on any atom is -0.399 e. The molecule has 1 aromatic rings. The van der Waals surface area contributed by atoms with E-state index in [2.05, 4.69) is 12.2 Å². The van der Waals surface area contributed by atoms with Crippen LogP contribution in [-0.4, -0.2) is 18.6 Å². The third kappa shape index (κ3) is 4.42. The number of hydrogen-bond acceptors (Lipinski definition) is 3. The van der Waals surface area contributed by atoms with Crippen molar-refractivity contribution in [2.45, 2.75) is 13.3 Å². The fourth-order valence-corrected chi connectivity index (χ4v) is 2.24. The molecule has 0 saturated carbocycles. The molecule has 1 atom stereocenters. The number of thioether (sulfide) groups is 1. The van der Waals surface area contributed by atoms with Crippen LogP contribution in [0.2, 0.25) is 0 Å². The van der Waals surface area contributed by atoms with Gasteiger partial charge in [-0.05, 0) is 36.1 Å². The molecule has 1 unspecified atom stereocenters. The van der Waals surface area contributed by atoms with Gasteiger partial charge in [0.1, 0.15) is 0 Å². The normalized spacial score (nSPS) is 12.8. The Kier molecular flexibility index (Phi) is 5.55. The van der Waals surface area contributed by atoms with Crippen LogP contribution < -0.4 is 11.1 Å². The summed E-state index contributed by atoms with van der Waals surface area (Å²) >= 11 is 1.75. The van der Waals surface area contributed by atoms with Crippen LogP contribution in [0.15, 0.2) is 18.2 Å². The Morgan fingerprint density at radius 2 is 2.12 bits per heavy atom. The lowest BCUT2D eigenvalue weighted by atomic mass is 10.1. The summed E-state index contributed by atoms with van der Waals surface area (Å²) in [5, 5.41) is 3.06. The molecule has 17 heavy (non-hydrogen) atoms. The maximum Gasteiger partial charge on any atom is 0.265 e. The molecule has 0 spiro atoms. The van der Waals surface area contributed by atoms with E-state index in [-0.39, 0.29) is 5.56 Å². The highest BCUT2D eigenvalue weighted by molar-refractivity contribution is 7.98. The topological polar surface area (TPSA) is 38.0 Å². The molecule has 0 aliphatic rings. The third-order valence-corrected chi connectivity index (χ3v) is 3.31. The average Bonchev–Trinajstić information content (AvgIpc) is 2.27. The lowest BCUT2D eigenvalue weighted by Crippen LogP contribution is -2.14. The molecular weight excluding hydrogens is 242 g/mol. The van der Waals surface area contributed by atoms with Crippen LogP contribution in [0, 0.1) is 5.92 Å². The van der Waals surface area contributed by atoms with E-state index in [0.717, 1.165) is 5.75 Å². The van der Waals surface area contributed by atoms with E-state index in [1.54, 1.807) is 23.9 Å². The van der Waals surface area contributed by atoms with Crippen LogP contribution in [0.25, 0.3) is 0 Å². The highest BCUT2D eigenvalue weighted by Gasteiger charge is 2.13. The Bertz CT molecular complexity index is 358. The summed E-state index contributed by atoms with van der Waals surface area (Å²) in [7, 11) is 0. The van der Waals surface area contributed by atoms with E-state index in [0.29, 0.717) is 23.8 Å². The summed E-state index contributed by atoms with van der Waals surface area (Å²) in [5.74, 6) is 1.44. The van der Waals surface area contributed by atoms with E-state index in [1.807, 2.05) is 6.26 Å². The van der Waals surface area contributed by atoms with Crippen molar-refractivity contribution in [3.8, 4) is 0 Å². The summed E-state index contributed by atoms with van der Waals surface area (Å²) in [6, 6.07) is 4.57. The monoisotopic (exact) mass is 260 g/mol. The van der Waals surface area contributed by atoms with E-state index in [1.165, 1.54) is 6.07 Å². The molecule has 5 heteroatoms. The fourth-order valence-electron chi connectivity index (χ4n) is 1.55. The molecular formula is C12H18F2N2S. The quantitative estimate of drug-likeness (QED) is 0.767. The largest absolute Gasteiger partial charge is 0.399 e. The number of halogens is 2. The number of benzene rings is 1. The lowest BCUT2D eigenvalue weighted by Gasteiger charge is -2.15. The number of nitrogen functional groups attached to an aromatic ring is 1. The maximum absolute atomic E-state index is 12.8. The molecule has 0 amide bonds. The molecule has 96 valence electrons. The third-order valence-electron chi connectivity index (χ3n) is 2.40. The van der Waals surface area contributed by atoms with Gasteiger partial charge in [0, 0.05) is 23.5 Å². The van der Waals surface area contributed by atoms with Gasteiger partial charge in [0.2, 0.25) is 0 Å². The van der Waals surface area contributed by atoms with Gasteiger partial charge in [0.15, 0.2) is 0 Å². The molecule has 0 aliphatic carbocycles. The van der Waals surface area contributed by atoms with Gasteiger partial charge >= 0.3 is 0 Å². The van der Waals surface area contributed by atoms with Crippen molar-refractivity contribution >= 4 is 23.1 Å². The Labute approximate surface area is 105 Å². The number of anilines is 2. The first-order valence-corrected chi connectivity index (χ1v) is 6.84. The second kappa shape index (κ2) is 6.69. The summed E-state index contributed by atoms with van der Waals surface area (Å²) < 4.78 is 25.6. The van der Waals surface area contributed by atoms with Crippen molar-refractivity contribution in [3.63, 3.8) is 0 Å². The van der Waals surface area contributed by atoms with Crippen LogP contribution in [-0.2, 0) is 0 Å². The minimum atomic E-state index is -2.50. The van der Waals surface area contributed by atoms with Crippen LogP contribution in [0.3, 0.4) is 0 Å². The van der Waals surface area contributed by atoms with Crippen LogP contribution >= 0.6 is 11.8 Å². The van der Waals surface area contributed by atoms with Gasteiger partial charge in [-0.2, -0.15) is 11.8 Å². The van der Waals surface area contributed by atoms with Crippen LogP contribution in [0.1, 0.15) is 18.9 Å². The van der Waals surface area contributed by atoms with Gasteiger partial charge < -0.3 is 11.1 Å². The highest BCUT2D eigenvalue weighted by Crippen LogP contribution is 2.29. The lowest BCUT2D eigenvalue weighted by molar-refractivity contribution is 0.152. The zero-order valence-corrected chi connectivity index (χ0v) is 10.9. The van der Waals surface area contributed by atoms with Gasteiger partial charge in [-0.15, -0.1) is 0 Å². The smallest absolute Gasteiger partial charge is 0.265 e. The standard InChI is InChI=1S/C12H18F2N2S/c1-8(7-17-2)6-16-11-4-3-9(15)5-10(11)12(13)14/h3-5,8,12,16H,6-7,15H2,1-2H3. The first-order chi connectivity index (χ1) is 8.04. The van der Waals surface area contributed by atoms with Crippen molar-refractivity contribution in [1.29, 1.82) is 0 Å². The van der Waals surface area contributed by atoms with Crippen molar-refractivity contribution in [1.82, 2.24) is 0 Å². The van der Waals surface area contributed by atoms with Crippen molar-refractivity contribution < 1.29 is 8.78 Å². The molecule has 0 fully saturated rings. The summed E-state index contributed by atoms with van der Waals surface area (Å²) in [6.07, 6.45) is -0.471. The number of rotatable bonds is 6. The van der Waals surface area contributed by atoms with Crippen LogP contribution in [0.4, 0.5) is 20.2 Å². The molecule has 0 saturated heterocycles. The minimum absolute atomic E-state index is 0.0265. The number of nitrogens with two attached hydrogens (primary N) is 1. The molecule has 1 aromatic carbocycles. The summed E-state index contributed by atoms with van der Waals surface area (Å²) in [4.78, 5) is 0. The number of nitrogens with one attached hydrogen (secondary N) is 1. The Morgan fingerprint density at radius 1 is 1.41 bits per heavy atom. The van der Waals surface area contributed by atoms with Crippen molar-refractivity contribution in [2.75, 3.05) is 29.6 Å². The molecule has 1 rings (SSSR count). The first-order valence-electron chi connectivity index (χ1n) is 5.45. The van der Waals surface area contributed by atoms with E-state index >= 15 is 0 Å². The summed E-state index contributed by atoms with van der Waals surface area (Å²) in [6.45, 7) is 2.77. The maximum atomic E-state index is 12.8. The molecule has 0 aliphatic heterocycles. The molecule has 3 N–H and O–H groups in total. The SMILES string of the molecule is CSCC(C)CNc1ccc(N)cc1C(F)F. The number of alkyl halides is 2. The molecule has 2 nitrogen and oxygen atoms in total. The molecule has 0 bridgehead atoms. The van der Waals surface area contributed by atoms with E-state index in [4.69, 9.17) is 5.73 Å². The van der Waals surface area contributed by atoms with Crippen molar-refractivity contribution in [2.24, 2.45) is 5.92 Å². The van der Waals surface area contributed by atoms with E-state index in [9.17, 15) is 8.78 Å². The van der Waals surface area contributed by atoms with Gasteiger partial charge in [0.05, 0.1) is 0 Å². The number of hydrogen-bond donors (Lipinski definition) is 2. The summed E-state index contributed by atoms with van der Waals surface area (Å²) in [5.41, 5.74) is 6.32. The molecule has 0 heterocycles. The molecule has 0 radical (unpaired) electrons. The Balaban J connectivity index is 2.70. The Morgan fingerprint density at radius 3 is 2.71 bits per heavy atom. The average molecular weight is 260 g/mol. The molecule has 0 aromatic heterocycles. The predicted octanol–water partition coefficient (Wildman–Crippen LogP) is 3.62. The van der Waals surface area contributed by atoms with Crippen LogP contribution in [0.5, 0.6) is 0 Å². The van der Waals surface area contributed by atoms with Gasteiger partial charge in [-0.25, -0.2) is 8.78 Å². The fraction of sp³-hybridized carbons (Fsp3) is 0.500. The second-order valence-corrected chi connectivity index (χ2v) is 5.00. The van der Waals surface area contributed by atoms with Gasteiger partial charge in [-0.3, -0.25) is 0 Å². The zero-order chi connectivity index (χ0) is 12.8. The predicted molar refractivity (Wildman–Crippen MR) is 71.8 cm³/mol. The van der Waals surface area contributed by atoms with Gasteiger partial charge in [-0.1, -0.05) is 6.92 Å². The Hall–Kier alpha value is -0.970. The van der Waals surface area contributed by atoms with Crippen molar-refractivity contribution in [3.05, 3.63) is 23.8 Å². The second-order valence-electron chi connectivity index (χ2n) is 4.09. The zero-order valence-electron chi connectivity index (χ0n) is 10.0. The van der Waals surface area contributed by atoms with Gasteiger partial charge in [0.25, 0.3) is 6.43 Å². The first kappa shape index (κ1) is 14.1.